The summed E-state index contributed by atoms with van der Waals surface area (Å²) in [4.78, 5) is 4.95. The van der Waals surface area contributed by atoms with E-state index in [1.807, 2.05) is 6.26 Å². The van der Waals surface area contributed by atoms with Crippen LogP contribution in [0.15, 0.2) is 17.0 Å². The molecule has 84 valence electrons. The molecule has 0 heterocycles. The first-order valence-corrected chi connectivity index (χ1v) is 5.68. The highest BCUT2D eigenvalue weighted by Gasteiger charge is 2.12. The number of halogens is 1. The molecule has 15 heavy (non-hydrogen) atoms. The first-order valence-electron chi connectivity index (χ1n) is 4.45. The summed E-state index contributed by atoms with van der Waals surface area (Å²) in [5, 5.41) is 0. The minimum absolute atomic E-state index is 0.251. The molecule has 0 aromatic heterocycles. The van der Waals surface area contributed by atoms with Gasteiger partial charge in [0.1, 0.15) is 11.6 Å². The van der Waals surface area contributed by atoms with Gasteiger partial charge in [-0.05, 0) is 17.9 Å². The van der Waals surface area contributed by atoms with Crippen LogP contribution >= 0.6 is 11.8 Å². The van der Waals surface area contributed by atoms with Crippen LogP contribution in [0.3, 0.4) is 0 Å². The van der Waals surface area contributed by atoms with Gasteiger partial charge in [-0.25, -0.2) is 10.3 Å². The molecule has 0 atom stereocenters. The van der Waals surface area contributed by atoms with Crippen LogP contribution in [0.4, 0.5) is 4.39 Å². The molecule has 1 rings (SSSR count). The molecule has 0 saturated heterocycles. The van der Waals surface area contributed by atoms with E-state index in [4.69, 9.17) is 10.6 Å². The van der Waals surface area contributed by atoms with Gasteiger partial charge in [0.05, 0.1) is 18.6 Å². The van der Waals surface area contributed by atoms with Crippen LogP contribution in [0.1, 0.15) is 5.56 Å². The zero-order valence-corrected chi connectivity index (χ0v) is 9.57. The lowest BCUT2D eigenvalue weighted by atomic mass is 10.1. The van der Waals surface area contributed by atoms with Gasteiger partial charge in [-0.1, -0.05) is 6.07 Å². The van der Waals surface area contributed by atoms with E-state index in [-0.39, 0.29) is 5.82 Å². The van der Waals surface area contributed by atoms with Crippen LogP contribution in [0.2, 0.25) is 0 Å². The van der Waals surface area contributed by atoms with Gasteiger partial charge >= 0.3 is 0 Å². The fourth-order valence-corrected chi connectivity index (χ4v) is 1.95. The van der Waals surface area contributed by atoms with Crippen LogP contribution < -0.4 is 10.6 Å². The van der Waals surface area contributed by atoms with Crippen molar-refractivity contribution >= 4 is 11.8 Å². The summed E-state index contributed by atoms with van der Waals surface area (Å²) in [7, 11) is 1.52. The number of ether oxygens (including phenoxy) is 1. The van der Waals surface area contributed by atoms with Crippen molar-refractivity contribution in [1.29, 1.82) is 0 Å². The van der Waals surface area contributed by atoms with Crippen molar-refractivity contribution in [3.05, 3.63) is 23.5 Å². The third kappa shape index (κ3) is 2.84. The maximum Gasteiger partial charge on any atom is 0.143 e. The first-order chi connectivity index (χ1) is 7.24. The number of methoxy groups -OCH3 is 1. The van der Waals surface area contributed by atoms with Crippen molar-refractivity contribution < 1.29 is 14.0 Å². The molecule has 0 radical (unpaired) electrons. The zero-order valence-electron chi connectivity index (χ0n) is 8.75. The molecule has 3 nitrogen and oxygen atoms in total. The van der Waals surface area contributed by atoms with Crippen molar-refractivity contribution in [2.24, 2.45) is 5.90 Å². The summed E-state index contributed by atoms with van der Waals surface area (Å²) >= 11 is 1.32. The molecular formula is C10H14FNO2S. The Morgan fingerprint density at radius 3 is 2.73 bits per heavy atom. The van der Waals surface area contributed by atoms with Gasteiger partial charge in [0, 0.05) is 6.42 Å². The smallest absolute Gasteiger partial charge is 0.143 e. The lowest BCUT2D eigenvalue weighted by Crippen LogP contribution is -2.05. The molecule has 5 heteroatoms. The van der Waals surface area contributed by atoms with E-state index < -0.39 is 0 Å². The van der Waals surface area contributed by atoms with Crippen molar-refractivity contribution in [2.45, 2.75) is 11.3 Å². The Labute approximate surface area is 92.7 Å². The maximum absolute atomic E-state index is 13.8. The Morgan fingerprint density at radius 1 is 1.47 bits per heavy atom. The molecule has 0 aliphatic carbocycles. The molecule has 1 aromatic rings. The van der Waals surface area contributed by atoms with Gasteiger partial charge in [-0.2, -0.15) is 0 Å². The van der Waals surface area contributed by atoms with Crippen molar-refractivity contribution in [3.8, 4) is 5.75 Å². The largest absolute Gasteiger partial charge is 0.495 e. The van der Waals surface area contributed by atoms with Gasteiger partial charge in [0.25, 0.3) is 0 Å². The van der Waals surface area contributed by atoms with Crippen molar-refractivity contribution in [3.63, 3.8) is 0 Å². The molecule has 0 spiro atoms. The fraction of sp³-hybridized carbons (Fsp3) is 0.400. The Hall–Kier alpha value is -0.780. The molecule has 0 amide bonds. The quantitative estimate of drug-likeness (QED) is 0.621. The van der Waals surface area contributed by atoms with Crippen LogP contribution in [0.25, 0.3) is 0 Å². The summed E-state index contributed by atoms with van der Waals surface area (Å²) in [5.74, 6) is 5.20. The van der Waals surface area contributed by atoms with Gasteiger partial charge < -0.3 is 9.57 Å². The maximum atomic E-state index is 13.8. The molecule has 0 aliphatic heterocycles. The monoisotopic (exact) mass is 231 g/mol. The molecule has 2 N–H and O–H groups in total. The summed E-state index contributed by atoms with van der Waals surface area (Å²) in [6.45, 7) is 0.303. The Kier molecular flexibility index (Phi) is 4.87. The number of benzene rings is 1. The summed E-state index contributed by atoms with van der Waals surface area (Å²) in [5.41, 5.74) is 0.589. The molecule has 0 aliphatic rings. The van der Waals surface area contributed by atoms with E-state index in [0.717, 1.165) is 0 Å². The third-order valence-corrected chi connectivity index (χ3v) is 2.84. The topological polar surface area (TPSA) is 44.5 Å². The second-order valence-electron chi connectivity index (χ2n) is 2.89. The summed E-state index contributed by atoms with van der Waals surface area (Å²) < 4.78 is 18.9. The van der Waals surface area contributed by atoms with E-state index in [0.29, 0.717) is 29.2 Å². The van der Waals surface area contributed by atoms with Crippen molar-refractivity contribution in [2.75, 3.05) is 20.0 Å². The van der Waals surface area contributed by atoms with E-state index in [2.05, 4.69) is 4.84 Å². The zero-order chi connectivity index (χ0) is 11.3. The predicted octanol–water partition coefficient (Wildman–Crippen LogP) is 1.99. The fourth-order valence-electron chi connectivity index (χ4n) is 1.29. The van der Waals surface area contributed by atoms with E-state index >= 15 is 0 Å². The highest BCUT2D eigenvalue weighted by molar-refractivity contribution is 7.98. The second-order valence-corrected chi connectivity index (χ2v) is 3.71. The standard InChI is InChI=1S/C10H14FNO2S/c1-13-8-4-3-7(5-6-14-12)9(11)10(8)15-2/h3-4H,5-6,12H2,1-2H3. The average Bonchev–Trinajstić information content (AvgIpc) is 2.27. The van der Waals surface area contributed by atoms with Gasteiger partial charge in [0.15, 0.2) is 0 Å². The number of rotatable bonds is 5. The molecule has 1 aromatic carbocycles. The Bertz CT molecular complexity index is 333. The predicted molar refractivity (Wildman–Crippen MR) is 58.6 cm³/mol. The van der Waals surface area contributed by atoms with E-state index in [1.165, 1.54) is 18.9 Å². The molecule has 0 saturated carbocycles. The summed E-state index contributed by atoms with van der Waals surface area (Å²) in [6.07, 6.45) is 2.27. The lowest BCUT2D eigenvalue weighted by Gasteiger charge is -2.10. The molecular weight excluding hydrogens is 217 g/mol. The third-order valence-electron chi connectivity index (χ3n) is 2.05. The molecule has 0 unspecified atom stereocenters. The van der Waals surface area contributed by atoms with E-state index in [1.54, 1.807) is 12.1 Å². The Morgan fingerprint density at radius 2 is 2.20 bits per heavy atom. The molecule has 0 bridgehead atoms. The average molecular weight is 231 g/mol. The minimum Gasteiger partial charge on any atom is -0.495 e. The highest BCUT2D eigenvalue weighted by Crippen LogP contribution is 2.32. The van der Waals surface area contributed by atoms with Crippen LogP contribution in [-0.2, 0) is 11.3 Å². The van der Waals surface area contributed by atoms with Gasteiger partial charge in [-0.3, -0.25) is 0 Å². The van der Waals surface area contributed by atoms with E-state index in [9.17, 15) is 4.39 Å². The lowest BCUT2D eigenvalue weighted by molar-refractivity contribution is 0.140. The van der Waals surface area contributed by atoms with Gasteiger partial charge in [-0.15, -0.1) is 11.8 Å². The second kappa shape index (κ2) is 5.95. The number of hydrogen-bond donors (Lipinski definition) is 1. The SMILES string of the molecule is COc1ccc(CCON)c(F)c1SC. The minimum atomic E-state index is -0.251. The number of nitrogens with two attached hydrogens (primary N) is 1. The summed E-state index contributed by atoms with van der Waals surface area (Å²) in [6, 6.07) is 3.44. The van der Waals surface area contributed by atoms with Crippen LogP contribution in [0, 0.1) is 5.82 Å². The Balaban J connectivity index is 3.00. The van der Waals surface area contributed by atoms with Crippen LogP contribution in [-0.4, -0.2) is 20.0 Å². The van der Waals surface area contributed by atoms with Crippen molar-refractivity contribution in [1.82, 2.24) is 0 Å². The first kappa shape index (κ1) is 12.3. The van der Waals surface area contributed by atoms with Gasteiger partial charge in [0.2, 0.25) is 0 Å². The van der Waals surface area contributed by atoms with Crippen LogP contribution in [0.5, 0.6) is 5.75 Å². The number of thioether (sulfide) groups is 1. The number of hydrogen-bond acceptors (Lipinski definition) is 4. The normalized spacial score (nSPS) is 10.4. The molecule has 0 fully saturated rings. The highest BCUT2D eigenvalue weighted by atomic mass is 32.2.